The van der Waals surface area contributed by atoms with E-state index in [2.05, 4.69) is 56.1 Å². The number of methoxy groups -OCH3 is 1. The number of hydrogen-bond acceptors (Lipinski definition) is 5. The third-order valence-electron chi connectivity index (χ3n) is 5.84. The molecule has 4 heterocycles. The van der Waals surface area contributed by atoms with Crippen molar-refractivity contribution >= 4 is 22.4 Å². The zero-order valence-electron chi connectivity index (χ0n) is 17.5. The first kappa shape index (κ1) is 18.9. The summed E-state index contributed by atoms with van der Waals surface area (Å²) >= 11 is 0. The van der Waals surface area contributed by atoms with Crippen molar-refractivity contribution in [2.75, 3.05) is 31.7 Å². The first-order valence-corrected chi connectivity index (χ1v) is 10.5. The number of anilines is 1. The summed E-state index contributed by atoms with van der Waals surface area (Å²) in [7, 11) is 1.73. The number of benzene rings is 1. The van der Waals surface area contributed by atoms with Crippen molar-refractivity contribution in [3.05, 3.63) is 54.5 Å². The minimum absolute atomic E-state index is 0.213. The second-order valence-electron chi connectivity index (χ2n) is 7.85. The van der Waals surface area contributed by atoms with E-state index in [9.17, 15) is 0 Å². The van der Waals surface area contributed by atoms with Crippen molar-refractivity contribution in [2.45, 2.75) is 32.4 Å². The average Bonchev–Trinajstić information content (AvgIpc) is 3.39. The summed E-state index contributed by atoms with van der Waals surface area (Å²) in [5.41, 5.74) is 3.10. The second kappa shape index (κ2) is 7.99. The van der Waals surface area contributed by atoms with Gasteiger partial charge in [0.1, 0.15) is 17.7 Å². The Labute approximate surface area is 175 Å². The molecule has 5 rings (SSSR count). The standard InChI is InChI=1S/C23H27N5O2/c1-17-16-23(28-22(25-17)6-10-24-28)27-11-7-18(8-12-27)30-21-5-3-4-20-19(21)9-13-26(20)14-15-29-2/h3-6,9-10,13,16,18H,7-8,11-12,14-15H2,1-2H3. The van der Waals surface area contributed by atoms with Gasteiger partial charge >= 0.3 is 0 Å². The first-order chi connectivity index (χ1) is 14.7. The molecule has 0 amide bonds. The van der Waals surface area contributed by atoms with E-state index in [4.69, 9.17) is 9.47 Å². The van der Waals surface area contributed by atoms with Gasteiger partial charge < -0.3 is 18.9 Å². The number of piperidine rings is 1. The number of aryl methyl sites for hydroxylation is 1. The van der Waals surface area contributed by atoms with Gasteiger partial charge in [-0.15, -0.1) is 0 Å². The summed E-state index contributed by atoms with van der Waals surface area (Å²) in [5, 5.41) is 5.62. The Bertz CT molecular complexity index is 1160. The molecule has 0 bridgehead atoms. The Morgan fingerprint density at radius 1 is 1.13 bits per heavy atom. The Hall–Kier alpha value is -3.06. The van der Waals surface area contributed by atoms with E-state index in [1.54, 1.807) is 13.3 Å². The molecule has 0 saturated carbocycles. The molecule has 0 unspecified atom stereocenters. The van der Waals surface area contributed by atoms with E-state index in [-0.39, 0.29) is 6.10 Å². The summed E-state index contributed by atoms with van der Waals surface area (Å²) in [6.07, 6.45) is 6.08. The summed E-state index contributed by atoms with van der Waals surface area (Å²) in [4.78, 5) is 6.94. The molecule has 1 aromatic carbocycles. The third-order valence-corrected chi connectivity index (χ3v) is 5.84. The maximum Gasteiger partial charge on any atom is 0.157 e. The molecule has 30 heavy (non-hydrogen) atoms. The fourth-order valence-electron chi connectivity index (χ4n) is 4.31. The van der Waals surface area contributed by atoms with Crippen molar-refractivity contribution in [3.63, 3.8) is 0 Å². The van der Waals surface area contributed by atoms with Crippen LogP contribution in [0.25, 0.3) is 16.6 Å². The molecule has 3 aromatic heterocycles. The number of fused-ring (bicyclic) bond motifs is 2. The lowest BCUT2D eigenvalue weighted by molar-refractivity contribution is 0.173. The fraction of sp³-hybridized carbons (Fsp3) is 0.391. The van der Waals surface area contributed by atoms with Crippen molar-refractivity contribution in [3.8, 4) is 5.75 Å². The molecule has 7 nitrogen and oxygen atoms in total. The van der Waals surface area contributed by atoms with Gasteiger partial charge in [-0.2, -0.15) is 9.61 Å². The van der Waals surface area contributed by atoms with E-state index < -0.39 is 0 Å². The van der Waals surface area contributed by atoms with Gasteiger partial charge in [0, 0.05) is 69.0 Å². The molecule has 1 saturated heterocycles. The van der Waals surface area contributed by atoms with Crippen LogP contribution >= 0.6 is 0 Å². The highest BCUT2D eigenvalue weighted by Gasteiger charge is 2.23. The maximum atomic E-state index is 6.46. The Morgan fingerprint density at radius 3 is 2.83 bits per heavy atom. The number of aromatic nitrogens is 4. The lowest BCUT2D eigenvalue weighted by atomic mass is 10.1. The summed E-state index contributed by atoms with van der Waals surface area (Å²) < 4.78 is 15.8. The van der Waals surface area contributed by atoms with E-state index >= 15 is 0 Å². The average molecular weight is 406 g/mol. The van der Waals surface area contributed by atoms with Crippen LogP contribution in [-0.2, 0) is 11.3 Å². The van der Waals surface area contributed by atoms with Gasteiger partial charge in [0.25, 0.3) is 0 Å². The zero-order valence-corrected chi connectivity index (χ0v) is 17.5. The number of ether oxygens (including phenoxy) is 2. The fourth-order valence-corrected chi connectivity index (χ4v) is 4.31. The second-order valence-corrected chi connectivity index (χ2v) is 7.85. The van der Waals surface area contributed by atoms with Gasteiger partial charge in [-0.25, -0.2) is 4.98 Å². The number of nitrogens with zero attached hydrogens (tertiary/aromatic N) is 5. The Kier molecular flexibility index (Phi) is 5.04. The normalized spacial score (nSPS) is 15.3. The van der Waals surface area contributed by atoms with Gasteiger partial charge in [0.05, 0.1) is 18.3 Å². The molecule has 0 aliphatic carbocycles. The quantitative estimate of drug-likeness (QED) is 0.490. The number of hydrogen-bond donors (Lipinski definition) is 0. The molecule has 156 valence electrons. The SMILES string of the molecule is COCCn1ccc2c(OC3CCN(c4cc(C)nc5ccnn45)CC3)cccc21. The van der Waals surface area contributed by atoms with E-state index in [1.165, 1.54) is 10.9 Å². The lowest BCUT2D eigenvalue weighted by Crippen LogP contribution is -2.39. The summed E-state index contributed by atoms with van der Waals surface area (Å²) in [5.74, 6) is 2.08. The predicted molar refractivity (Wildman–Crippen MR) is 117 cm³/mol. The largest absolute Gasteiger partial charge is 0.490 e. The molecular formula is C23H27N5O2. The van der Waals surface area contributed by atoms with E-state index in [0.717, 1.165) is 55.4 Å². The molecule has 0 N–H and O–H groups in total. The highest BCUT2D eigenvalue weighted by molar-refractivity contribution is 5.86. The molecule has 7 heteroatoms. The Morgan fingerprint density at radius 2 is 2.00 bits per heavy atom. The van der Waals surface area contributed by atoms with Gasteiger partial charge in [-0.05, 0) is 25.1 Å². The highest BCUT2D eigenvalue weighted by Crippen LogP contribution is 2.30. The van der Waals surface area contributed by atoms with E-state index in [1.807, 2.05) is 17.5 Å². The molecule has 0 radical (unpaired) electrons. The van der Waals surface area contributed by atoms with Gasteiger partial charge in [0.2, 0.25) is 0 Å². The minimum Gasteiger partial charge on any atom is -0.490 e. The van der Waals surface area contributed by atoms with Crippen LogP contribution in [0.4, 0.5) is 5.82 Å². The number of rotatable bonds is 6. The minimum atomic E-state index is 0.213. The third kappa shape index (κ3) is 3.50. The molecule has 1 aliphatic heterocycles. The van der Waals surface area contributed by atoms with Gasteiger partial charge in [-0.3, -0.25) is 0 Å². The van der Waals surface area contributed by atoms with Crippen molar-refractivity contribution in [1.82, 2.24) is 19.2 Å². The monoisotopic (exact) mass is 405 g/mol. The summed E-state index contributed by atoms with van der Waals surface area (Å²) in [6.45, 7) is 5.45. The van der Waals surface area contributed by atoms with Crippen LogP contribution in [0.2, 0.25) is 0 Å². The maximum absolute atomic E-state index is 6.46. The van der Waals surface area contributed by atoms with Gasteiger partial charge in [-0.1, -0.05) is 6.07 Å². The van der Waals surface area contributed by atoms with Crippen LogP contribution in [0.3, 0.4) is 0 Å². The van der Waals surface area contributed by atoms with Crippen molar-refractivity contribution < 1.29 is 9.47 Å². The van der Waals surface area contributed by atoms with Crippen LogP contribution in [0, 0.1) is 6.92 Å². The van der Waals surface area contributed by atoms with Crippen LogP contribution in [0.5, 0.6) is 5.75 Å². The molecular weight excluding hydrogens is 378 g/mol. The van der Waals surface area contributed by atoms with Gasteiger partial charge in [0.15, 0.2) is 5.65 Å². The zero-order chi connectivity index (χ0) is 20.5. The lowest BCUT2D eigenvalue weighted by Gasteiger charge is -2.33. The first-order valence-electron chi connectivity index (χ1n) is 10.5. The van der Waals surface area contributed by atoms with Crippen LogP contribution in [0.15, 0.2) is 48.8 Å². The Balaban J connectivity index is 1.30. The molecule has 1 fully saturated rings. The highest BCUT2D eigenvalue weighted by atomic mass is 16.5. The topological polar surface area (TPSA) is 56.8 Å². The molecule has 4 aromatic rings. The summed E-state index contributed by atoms with van der Waals surface area (Å²) in [6, 6.07) is 12.5. The predicted octanol–water partition coefficient (Wildman–Crippen LogP) is 3.69. The van der Waals surface area contributed by atoms with Crippen LogP contribution in [-0.4, -0.2) is 52.1 Å². The van der Waals surface area contributed by atoms with E-state index in [0.29, 0.717) is 6.61 Å². The smallest absolute Gasteiger partial charge is 0.157 e. The van der Waals surface area contributed by atoms with Crippen molar-refractivity contribution in [2.24, 2.45) is 0 Å². The van der Waals surface area contributed by atoms with Crippen molar-refractivity contribution in [1.29, 1.82) is 0 Å². The van der Waals surface area contributed by atoms with Crippen LogP contribution < -0.4 is 9.64 Å². The van der Waals surface area contributed by atoms with Crippen LogP contribution in [0.1, 0.15) is 18.5 Å². The molecule has 0 atom stereocenters. The molecule has 1 aliphatic rings. The molecule has 0 spiro atoms.